The third-order valence-corrected chi connectivity index (χ3v) is 4.82. The molecule has 3 rings (SSSR count). The van der Waals surface area contributed by atoms with Crippen LogP contribution in [0.3, 0.4) is 0 Å². The summed E-state index contributed by atoms with van der Waals surface area (Å²) in [5.74, 6) is -0.785. The van der Waals surface area contributed by atoms with Crippen molar-refractivity contribution in [2.24, 2.45) is 11.7 Å². The zero-order valence-corrected chi connectivity index (χ0v) is 13.0. The Morgan fingerprint density at radius 3 is 2.45 bits per heavy atom. The van der Waals surface area contributed by atoms with Gasteiger partial charge in [-0.3, -0.25) is 9.59 Å². The lowest BCUT2D eigenvalue weighted by molar-refractivity contribution is -0.123. The van der Waals surface area contributed by atoms with E-state index in [9.17, 15) is 9.59 Å². The van der Waals surface area contributed by atoms with E-state index >= 15 is 0 Å². The van der Waals surface area contributed by atoms with Gasteiger partial charge in [-0.25, -0.2) is 0 Å². The standard InChI is InChI=1S/C17H23N3O2/c1-12-4-2-3-9-19(12)14-5-7-15(8-6-14)20-11-13(17(18)22)10-16(20)21/h5-8,12-13H,2-4,9-11H2,1H3,(H2,18,22)/t12-,13+/m1/s1. The number of hydrogen-bond acceptors (Lipinski definition) is 3. The maximum absolute atomic E-state index is 12.0. The average molecular weight is 301 g/mol. The molecule has 0 radical (unpaired) electrons. The van der Waals surface area contributed by atoms with Crippen LogP contribution in [-0.2, 0) is 9.59 Å². The van der Waals surface area contributed by atoms with Crippen LogP contribution in [0.5, 0.6) is 0 Å². The first kappa shape index (κ1) is 14.9. The number of carbonyl (C=O) groups excluding carboxylic acids is 2. The summed E-state index contributed by atoms with van der Waals surface area (Å²) in [6.45, 7) is 3.75. The molecule has 2 heterocycles. The van der Waals surface area contributed by atoms with E-state index in [1.807, 2.05) is 12.1 Å². The molecule has 0 saturated carbocycles. The number of anilines is 2. The Balaban J connectivity index is 1.74. The normalized spacial score (nSPS) is 25.6. The van der Waals surface area contributed by atoms with Crippen LogP contribution in [-0.4, -0.2) is 30.9 Å². The zero-order valence-electron chi connectivity index (χ0n) is 13.0. The molecule has 2 N–H and O–H groups in total. The van der Waals surface area contributed by atoms with Crippen molar-refractivity contribution in [3.8, 4) is 0 Å². The fraction of sp³-hybridized carbons (Fsp3) is 0.529. The molecule has 118 valence electrons. The third-order valence-electron chi connectivity index (χ3n) is 4.82. The van der Waals surface area contributed by atoms with Crippen molar-refractivity contribution in [2.75, 3.05) is 22.9 Å². The minimum atomic E-state index is -0.394. The lowest BCUT2D eigenvalue weighted by atomic mass is 10.0. The first-order valence-corrected chi connectivity index (χ1v) is 8.02. The van der Waals surface area contributed by atoms with Crippen molar-refractivity contribution >= 4 is 23.2 Å². The predicted octanol–water partition coefficient (Wildman–Crippen LogP) is 1.90. The van der Waals surface area contributed by atoms with Gasteiger partial charge in [-0.15, -0.1) is 0 Å². The minimum Gasteiger partial charge on any atom is -0.369 e. The number of hydrogen-bond donors (Lipinski definition) is 1. The highest BCUT2D eigenvalue weighted by Crippen LogP contribution is 2.29. The molecule has 1 aromatic rings. The predicted molar refractivity (Wildman–Crippen MR) is 86.8 cm³/mol. The number of rotatable bonds is 3. The SMILES string of the molecule is C[C@@H]1CCCCN1c1ccc(N2C[C@@H](C(N)=O)CC2=O)cc1. The van der Waals surface area contributed by atoms with E-state index in [-0.39, 0.29) is 18.2 Å². The van der Waals surface area contributed by atoms with Crippen LogP contribution in [0, 0.1) is 5.92 Å². The van der Waals surface area contributed by atoms with E-state index in [2.05, 4.69) is 24.0 Å². The molecule has 2 saturated heterocycles. The van der Waals surface area contributed by atoms with Gasteiger partial charge >= 0.3 is 0 Å². The molecule has 1 aromatic carbocycles. The topological polar surface area (TPSA) is 66.6 Å². The number of nitrogens with zero attached hydrogens (tertiary/aromatic N) is 2. The number of primary amides is 1. The summed E-state index contributed by atoms with van der Waals surface area (Å²) in [5.41, 5.74) is 7.36. The van der Waals surface area contributed by atoms with Gasteiger partial charge in [-0.05, 0) is 50.5 Å². The van der Waals surface area contributed by atoms with E-state index in [1.165, 1.54) is 24.9 Å². The van der Waals surface area contributed by atoms with Crippen molar-refractivity contribution in [2.45, 2.75) is 38.6 Å². The zero-order chi connectivity index (χ0) is 15.7. The molecule has 0 spiro atoms. The van der Waals surface area contributed by atoms with Crippen LogP contribution in [0.15, 0.2) is 24.3 Å². The maximum Gasteiger partial charge on any atom is 0.227 e. The van der Waals surface area contributed by atoms with Gasteiger partial charge in [0.25, 0.3) is 0 Å². The molecule has 2 aliphatic heterocycles. The summed E-state index contributed by atoms with van der Waals surface area (Å²) in [4.78, 5) is 27.4. The lowest BCUT2D eigenvalue weighted by Crippen LogP contribution is -2.37. The quantitative estimate of drug-likeness (QED) is 0.927. The van der Waals surface area contributed by atoms with E-state index in [1.54, 1.807) is 4.90 Å². The number of piperidine rings is 1. The van der Waals surface area contributed by atoms with Crippen LogP contribution in [0.4, 0.5) is 11.4 Å². The van der Waals surface area contributed by atoms with Gasteiger partial charge in [0, 0.05) is 36.9 Å². The smallest absolute Gasteiger partial charge is 0.227 e. The Kier molecular flexibility index (Phi) is 4.05. The second-order valence-electron chi connectivity index (χ2n) is 6.36. The Bertz CT molecular complexity index is 570. The summed E-state index contributed by atoms with van der Waals surface area (Å²) >= 11 is 0. The number of carbonyl (C=O) groups is 2. The second-order valence-corrected chi connectivity index (χ2v) is 6.36. The van der Waals surface area contributed by atoms with Gasteiger partial charge < -0.3 is 15.5 Å². The maximum atomic E-state index is 12.0. The molecule has 5 heteroatoms. The molecule has 5 nitrogen and oxygen atoms in total. The van der Waals surface area contributed by atoms with E-state index in [0.29, 0.717) is 12.6 Å². The molecule has 2 aliphatic rings. The summed E-state index contributed by atoms with van der Waals surface area (Å²) in [5, 5.41) is 0. The molecule has 0 unspecified atom stereocenters. The minimum absolute atomic E-state index is 0.0251. The van der Waals surface area contributed by atoms with Crippen LogP contribution in [0.2, 0.25) is 0 Å². The monoisotopic (exact) mass is 301 g/mol. The van der Waals surface area contributed by atoms with E-state index in [0.717, 1.165) is 12.2 Å². The van der Waals surface area contributed by atoms with Gasteiger partial charge in [0.15, 0.2) is 0 Å². The summed E-state index contributed by atoms with van der Waals surface area (Å²) in [6.07, 6.45) is 3.98. The van der Waals surface area contributed by atoms with Crippen molar-refractivity contribution in [3.63, 3.8) is 0 Å². The average Bonchev–Trinajstić information content (AvgIpc) is 2.90. The Morgan fingerprint density at radius 1 is 1.18 bits per heavy atom. The first-order chi connectivity index (χ1) is 10.6. The Morgan fingerprint density at radius 2 is 1.86 bits per heavy atom. The fourth-order valence-corrected chi connectivity index (χ4v) is 3.45. The second kappa shape index (κ2) is 5.99. The Hall–Kier alpha value is -2.04. The lowest BCUT2D eigenvalue weighted by Gasteiger charge is -2.35. The molecule has 2 amide bonds. The van der Waals surface area contributed by atoms with Crippen molar-refractivity contribution in [1.29, 1.82) is 0 Å². The molecule has 2 fully saturated rings. The largest absolute Gasteiger partial charge is 0.369 e. The highest BCUT2D eigenvalue weighted by Gasteiger charge is 2.33. The van der Waals surface area contributed by atoms with Crippen LogP contribution >= 0.6 is 0 Å². The summed E-state index contributed by atoms with van der Waals surface area (Å²) in [6, 6.07) is 8.65. The van der Waals surface area contributed by atoms with Gasteiger partial charge in [-0.1, -0.05) is 0 Å². The number of benzene rings is 1. The third kappa shape index (κ3) is 2.80. The number of nitrogens with two attached hydrogens (primary N) is 1. The molecular weight excluding hydrogens is 278 g/mol. The Labute approximate surface area is 131 Å². The fourth-order valence-electron chi connectivity index (χ4n) is 3.45. The van der Waals surface area contributed by atoms with Crippen molar-refractivity contribution < 1.29 is 9.59 Å². The van der Waals surface area contributed by atoms with E-state index in [4.69, 9.17) is 5.73 Å². The van der Waals surface area contributed by atoms with Crippen molar-refractivity contribution in [1.82, 2.24) is 0 Å². The van der Waals surface area contributed by atoms with Gasteiger partial charge in [-0.2, -0.15) is 0 Å². The van der Waals surface area contributed by atoms with Crippen LogP contribution in [0.1, 0.15) is 32.6 Å². The van der Waals surface area contributed by atoms with Gasteiger partial charge in [0.05, 0.1) is 5.92 Å². The van der Waals surface area contributed by atoms with Crippen LogP contribution in [0.25, 0.3) is 0 Å². The van der Waals surface area contributed by atoms with Crippen LogP contribution < -0.4 is 15.5 Å². The summed E-state index contributed by atoms with van der Waals surface area (Å²) < 4.78 is 0. The molecule has 2 atom stereocenters. The molecule has 0 bridgehead atoms. The highest BCUT2D eigenvalue weighted by molar-refractivity contribution is 6.00. The molecule has 22 heavy (non-hydrogen) atoms. The number of amides is 2. The highest BCUT2D eigenvalue weighted by atomic mass is 16.2. The molecular formula is C17H23N3O2. The van der Waals surface area contributed by atoms with E-state index < -0.39 is 5.91 Å². The van der Waals surface area contributed by atoms with Crippen molar-refractivity contribution in [3.05, 3.63) is 24.3 Å². The molecule has 0 aliphatic carbocycles. The van der Waals surface area contributed by atoms with Gasteiger partial charge in [0.2, 0.25) is 11.8 Å². The summed E-state index contributed by atoms with van der Waals surface area (Å²) in [7, 11) is 0. The first-order valence-electron chi connectivity index (χ1n) is 8.02. The van der Waals surface area contributed by atoms with Gasteiger partial charge in [0.1, 0.15) is 0 Å². The molecule has 0 aromatic heterocycles.